The number of carbonyl (C=O) groups excluding carboxylic acids is 2. The van der Waals surface area contributed by atoms with Gasteiger partial charge in [0.25, 0.3) is 0 Å². The minimum Gasteiger partial charge on any atom is -0.462 e. The average molecular weight is 439 g/mol. The molecule has 0 rings (SSSR count). The topological polar surface area (TPSA) is 52.6 Å². The molecule has 0 aromatic carbocycles. The molecule has 0 aliphatic heterocycles. The SMILES string of the molecule is CCCCCCCCCC/C(C(=O)OCCCC)=C(\CCCCC)C(=O)OCCCC. The summed E-state index contributed by atoms with van der Waals surface area (Å²) < 4.78 is 11.0. The van der Waals surface area contributed by atoms with Gasteiger partial charge in [0.2, 0.25) is 0 Å². The van der Waals surface area contributed by atoms with E-state index in [2.05, 4.69) is 27.7 Å². The van der Waals surface area contributed by atoms with Crippen LogP contribution in [-0.2, 0) is 19.1 Å². The summed E-state index contributed by atoms with van der Waals surface area (Å²) in [6, 6.07) is 0. The Bertz CT molecular complexity index is 482. The average Bonchev–Trinajstić information content (AvgIpc) is 2.76. The molecule has 0 N–H and O–H groups in total. The van der Waals surface area contributed by atoms with E-state index in [1.807, 2.05) is 0 Å². The molecule has 0 aliphatic carbocycles. The Morgan fingerprint density at radius 3 is 1.19 bits per heavy atom. The molecule has 4 heteroatoms. The lowest BCUT2D eigenvalue weighted by Gasteiger charge is -2.15. The van der Waals surface area contributed by atoms with E-state index in [9.17, 15) is 9.59 Å². The smallest absolute Gasteiger partial charge is 0.334 e. The minimum atomic E-state index is -0.313. The summed E-state index contributed by atoms with van der Waals surface area (Å²) in [5, 5.41) is 0. The Hall–Kier alpha value is -1.32. The van der Waals surface area contributed by atoms with Gasteiger partial charge in [0, 0.05) is 11.1 Å². The molecule has 0 atom stereocenters. The molecule has 0 unspecified atom stereocenters. The van der Waals surface area contributed by atoms with Gasteiger partial charge in [-0.15, -0.1) is 0 Å². The van der Waals surface area contributed by atoms with Crippen LogP contribution >= 0.6 is 0 Å². The normalized spacial score (nSPS) is 11.9. The number of hydrogen-bond donors (Lipinski definition) is 0. The van der Waals surface area contributed by atoms with Gasteiger partial charge < -0.3 is 9.47 Å². The maximum atomic E-state index is 12.9. The second-order valence-corrected chi connectivity index (χ2v) is 8.62. The van der Waals surface area contributed by atoms with Crippen molar-refractivity contribution in [3.63, 3.8) is 0 Å². The van der Waals surface area contributed by atoms with Crippen LogP contribution < -0.4 is 0 Å². The first kappa shape index (κ1) is 29.7. The van der Waals surface area contributed by atoms with Gasteiger partial charge in [0.15, 0.2) is 0 Å². The molecule has 0 heterocycles. The van der Waals surface area contributed by atoms with E-state index < -0.39 is 0 Å². The minimum absolute atomic E-state index is 0.310. The van der Waals surface area contributed by atoms with Crippen LogP contribution in [0.5, 0.6) is 0 Å². The molecule has 0 saturated carbocycles. The number of ether oxygens (including phenoxy) is 2. The number of unbranched alkanes of at least 4 members (excludes halogenated alkanes) is 11. The Balaban J connectivity index is 5.12. The van der Waals surface area contributed by atoms with E-state index in [0.29, 0.717) is 37.2 Å². The first-order chi connectivity index (χ1) is 15.1. The summed E-state index contributed by atoms with van der Waals surface area (Å²) in [7, 11) is 0. The van der Waals surface area contributed by atoms with Gasteiger partial charge in [-0.1, -0.05) is 98.3 Å². The highest BCUT2D eigenvalue weighted by atomic mass is 16.5. The van der Waals surface area contributed by atoms with E-state index in [-0.39, 0.29) is 11.9 Å². The van der Waals surface area contributed by atoms with Crippen LogP contribution in [0.3, 0.4) is 0 Å². The standard InChI is InChI=1S/C27H50O4/c1-5-9-13-14-15-16-17-19-21-25(27(29)31-23-12-8-4)24(20-18-10-6-2)26(28)30-22-11-7-3/h5-23H2,1-4H3/b25-24-. The maximum Gasteiger partial charge on any atom is 0.334 e. The molecular formula is C27H50O4. The molecule has 0 aromatic rings. The fourth-order valence-electron chi connectivity index (χ4n) is 3.53. The second kappa shape index (κ2) is 21.9. The summed E-state index contributed by atoms with van der Waals surface area (Å²) >= 11 is 0. The van der Waals surface area contributed by atoms with Crippen LogP contribution in [0.15, 0.2) is 11.1 Å². The molecule has 0 spiro atoms. The van der Waals surface area contributed by atoms with Crippen LogP contribution in [0.25, 0.3) is 0 Å². The van der Waals surface area contributed by atoms with E-state index >= 15 is 0 Å². The molecule has 182 valence electrons. The largest absolute Gasteiger partial charge is 0.462 e. The number of esters is 2. The molecule has 0 radical (unpaired) electrons. The predicted octanol–water partition coefficient (Wildman–Crippen LogP) is 8.08. The molecule has 31 heavy (non-hydrogen) atoms. The van der Waals surface area contributed by atoms with E-state index in [0.717, 1.165) is 57.8 Å². The van der Waals surface area contributed by atoms with Crippen molar-refractivity contribution < 1.29 is 19.1 Å². The third-order valence-electron chi connectivity index (χ3n) is 5.63. The summed E-state index contributed by atoms with van der Waals surface area (Å²) in [6.45, 7) is 9.37. The van der Waals surface area contributed by atoms with Crippen molar-refractivity contribution in [1.82, 2.24) is 0 Å². The van der Waals surface area contributed by atoms with Crippen molar-refractivity contribution in [2.24, 2.45) is 0 Å². The zero-order valence-corrected chi connectivity index (χ0v) is 21.1. The van der Waals surface area contributed by atoms with Crippen LogP contribution in [-0.4, -0.2) is 25.2 Å². The molecule has 0 amide bonds. The van der Waals surface area contributed by atoms with Crippen molar-refractivity contribution >= 4 is 11.9 Å². The first-order valence-electron chi connectivity index (χ1n) is 13.2. The highest BCUT2D eigenvalue weighted by Gasteiger charge is 2.23. The van der Waals surface area contributed by atoms with Crippen LogP contribution in [0.4, 0.5) is 0 Å². The van der Waals surface area contributed by atoms with Crippen molar-refractivity contribution in [2.45, 2.75) is 137 Å². The van der Waals surface area contributed by atoms with Gasteiger partial charge in [0.1, 0.15) is 0 Å². The van der Waals surface area contributed by atoms with Gasteiger partial charge in [-0.3, -0.25) is 0 Å². The predicted molar refractivity (Wildman–Crippen MR) is 130 cm³/mol. The van der Waals surface area contributed by atoms with Crippen molar-refractivity contribution in [3.05, 3.63) is 11.1 Å². The fraction of sp³-hybridized carbons (Fsp3) is 0.852. The van der Waals surface area contributed by atoms with Crippen molar-refractivity contribution in [2.75, 3.05) is 13.2 Å². The van der Waals surface area contributed by atoms with E-state index in [1.165, 1.54) is 38.5 Å². The van der Waals surface area contributed by atoms with Crippen LogP contribution in [0.1, 0.15) is 137 Å². The summed E-state index contributed by atoms with van der Waals surface area (Å²) in [6.07, 6.45) is 17.5. The lowest BCUT2D eigenvalue weighted by molar-refractivity contribution is -0.142. The van der Waals surface area contributed by atoms with Crippen molar-refractivity contribution in [1.29, 1.82) is 0 Å². The van der Waals surface area contributed by atoms with Crippen LogP contribution in [0, 0.1) is 0 Å². The van der Waals surface area contributed by atoms with E-state index in [1.54, 1.807) is 0 Å². The maximum absolute atomic E-state index is 12.9. The highest BCUT2D eigenvalue weighted by Crippen LogP contribution is 2.23. The first-order valence-corrected chi connectivity index (χ1v) is 13.2. The molecular weight excluding hydrogens is 388 g/mol. The Kier molecular flexibility index (Phi) is 21.0. The third kappa shape index (κ3) is 16.0. The molecule has 0 bridgehead atoms. The van der Waals surface area contributed by atoms with Gasteiger partial charge in [-0.2, -0.15) is 0 Å². The van der Waals surface area contributed by atoms with Gasteiger partial charge in [-0.25, -0.2) is 9.59 Å². The van der Waals surface area contributed by atoms with Gasteiger partial charge in [-0.05, 0) is 38.5 Å². The molecule has 0 saturated heterocycles. The van der Waals surface area contributed by atoms with Gasteiger partial charge >= 0.3 is 11.9 Å². The zero-order valence-electron chi connectivity index (χ0n) is 21.1. The molecule has 0 aromatic heterocycles. The third-order valence-corrected chi connectivity index (χ3v) is 5.63. The summed E-state index contributed by atoms with van der Waals surface area (Å²) in [4.78, 5) is 25.7. The Morgan fingerprint density at radius 1 is 0.452 bits per heavy atom. The highest BCUT2D eigenvalue weighted by molar-refractivity contribution is 6.00. The van der Waals surface area contributed by atoms with Gasteiger partial charge in [0.05, 0.1) is 13.2 Å². The summed E-state index contributed by atoms with van der Waals surface area (Å²) in [5.41, 5.74) is 1.13. The number of carbonyl (C=O) groups is 2. The van der Waals surface area contributed by atoms with Crippen molar-refractivity contribution in [3.8, 4) is 0 Å². The zero-order chi connectivity index (χ0) is 23.2. The summed E-state index contributed by atoms with van der Waals surface area (Å²) in [5.74, 6) is -0.623. The second-order valence-electron chi connectivity index (χ2n) is 8.62. The lowest BCUT2D eigenvalue weighted by Crippen LogP contribution is -2.18. The Morgan fingerprint density at radius 2 is 0.774 bits per heavy atom. The molecule has 4 nitrogen and oxygen atoms in total. The van der Waals surface area contributed by atoms with E-state index in [4.69, 9.17) is 9.47 Å². The molecule has 0 fully saturated rings. The number of rotatable bonds is 21. The Labute approximate surface area is 192 Å². The fourth-order valence-corrected chi connectivity index (χ4v) is 3.53. The van der Waals surface area contributed by atoms with Crippen LogP contribution in [0.2, 0.25) is 0 Å². The number of hydrogen-bond acceptors (Lipinski definition) is 4. The lowest BCUT2D eigenvalue weighted by atomic mass is 9.96. The monoisotopic (exact) mass is 438 g/mol. The quantitative estimate of drug-likeness (QED) is 0.103. The molecule has 0 aliphatic rings.